The molecule has 0 saturated heterocycles. The van der Waals surface area contributed by atoms with Crippen LogP contribution in [0, 0.1) is 17.1 Å². The van der Waals surface area contributed by atoms with Crippen molar-refractivity contribution < 1.29 is 9.18 Å². The van der Waals surface area contributed by atoms with E-state index >= 15 is 0 Å². The van der Waals surface area contributed by atoms with Crippen molar-refractivity contribution in [2.24, 2.45) is 0 Å². The molecule has 5 heteroatoms. The van der Waals surface area contributed by atoms with Crippen LogP contribution in [0.2, 0.25) is 0 Å². The molecule has 0 heterocycles. The van der Waals surface area contributed by atoms with Crippen molar-refractivity contribution in [1.82, 2.24) is 5.32 Å². The third-order valence-electron chi connectivity index (χ3n) is 3.75. The molecule has 0 aliphatic heterocycles. The Kier molecular flexibility index (Phi) is 4.23. The van der Waals surface area contributed by atoms with Gasteiger partial charge in [-0.15, -0.1) is 0 Å². The van der Waals surface area contributed by atoms with Crippen LogP contribution >= 0.6 is 0 Å². The second kappa shape index (κ2) is 5.91. The summed E-state index contributed by atoms with van der Waals surface area (Å²) in [6.07, 6.45) is 4.67. The highest BCUT2D eigenvalue weighted by Crippen LogP contribution is 2.31. The van der Waals surface area contributed by atoms with Crippen LogP contribution < -0.4 is 10.6 Å². The van der Waals surface area contributed by atoms with E-state index in [0.29, 0.717) is 5.69 Å². The standard InChI is InChI=1S/C15H18FN3O/c1-18-14(20)12-6-5-11(9-13(12)16)19-15(10-17)7-3-2-4-8-15/h5-6,9,19H,2-4,7-8H2,1H3,(H,18,20). The van der Waals surface area contributed by atoms with E-state index in [1.54, 1.807) is 6.07 Å². The number of carbonyl (C=O) groups excluding carboxylic acids is 1. The molecule has 106 valence electrons. The molecule has 2 N–H and O–H groups in total. The van der Waals surface area contributed by atoms with Gasteiger partial charge >= 0.3 is 0 Å². The van der Waals surface area contributed by atoms with Gasteiger partial charge in [-0.2, -0.15) is 5.26 Å². The van der Waals surface area contributed by atoms with Crippen molar-refractivity contribution in [3.63, 3.8) is 0 Å². The molecular weight excluding hydrogens is 257 g/mol. The lowest BCUT2D eigenvalue weighted by Gasteiger charge is -2.32. The number of benzene rings is 1. The molecular formula is C15H18FN3O. The maximum atomic E-state index is 13.9. The first kappa shape index (κ1) is 14.3. The van der Waals surface area contributed by atoms with E-state index in [9.17, 15) is 14.4 Å². The van der Waals surface area contributed by atoms with E-state index in [4.69, 9.17) is 0 Å². The van der Waals surface area contributed by atoms with Crippen LogP contribution in [0.3, 0.4) is 0 Å². The van der Waals surface area contributed by atoms with Crippen LogP contribution in [0.25, 0.3) is 0 Å². The first-order valence-electron chi connectivity index (χ1n) is 6.81. The molecule has 1 fully saturated rings. The minimum atomic E-state index is -0.612. The lowest BCUT2D eigenvalue weighted by Crippen LogP contribution is -2.38. The highest BCUT2D eigenvalue weighted by molar-refractivity contribution is 5.94. The molecule has 1 aromatic carbocycles. The van der Waals surface area contributed by atoms with Crippen LogP contribution in [0.5, 0.6) is 0 Å². The zero-order valence-electron chi connectivity index (χ0n) is 11.5. The number of carbonyl (C=O) groups is 1. The summed E-state index contributed by atoms with van der Waals surface area (Å²) in [5, 5.41) is 14.9. The van der Waals surface area contributed by atoms with Gasteiger partial charge in [0.2, 0.25) is 0 Å². The van der Waals surface area contributed by atoms with Crippen molar-refractivity contribution >= 4 is 11.6 Å². The summed E-state index contributed by atoms with van der Waals surface area (Å²) in [5.41, 5.74) is -0.0644. The Morgan fingerprint density at radius 1 is 1.35 bits per heavy atom. The number of hydrogen-bond acceptors (Lipinski definition) is 3. The fourth-order valence-electron chi connectivity index (χ4n) is 2.61. The average Bonchev–Trinajstić information content (AvgIpc) is 2.47. The van der Waals surface area contributed by atoms with Gasteiger partial charge in [-0.1, -0.05) is 19.3 Å². The highest BCUT2D eigenvalue weighted by Gasteiger charge is 2.31. The molecule has 2 rings (SSSR count). The first-order valence-corrected chi connectivity index (χ1v) is 6.81. The van der Waals surface area contributed by atoms with Gasteiger partial charge in [0, 0.05) is 12.7 Å². The van der Waals surface area contributed by atoms with Crippen molar-refractivity contribution in [3.8, 4) is 6.07 Å². The second-order valence-corrected chi connectivity index (χ2v) is 5.15. The predicted octanol–water partition coefficient (Wildman–Crippen LogP) is 2.82. The Bertz CT molecular complexity index is 545. The van der Waals surface area contributed by atoms with Crippen LogP contribution in [0.15, 0.2) is 18.2 Å². The quantitative estimate of drug-likeness (QED) is 0.891. The summed E-state index contributed by atoms with van der Waals surface area (Å²) in [5.74, 6) is -1.04. The first-order chi connectivity index (χ1) is 9.60. The van der Waals surface area contributed by atoms with Gasteiger partial charge in [-0.05, 0) is 31.0 Å². The van der Waals surface area contributed by atoms with E-state index in [0.717, 1.165) is 32.1 Å². The fraction of sp³-hybridized carbons (Fsp3) is 0.467. The zero-order valence-corrected chi connectivity index (χ0v) is 11.5. The summed E-state index contributed by atoms with van der Waals surface area (Å²) in [7, 11) is 1.46. The Morgan fingerprint density at radius 3 is 2.60 bits per heavy atom. The highest BCUT2D eigenvalue weighted by atomic mass is 19.1. The molecule has 1 aromatic rings. The molecule has 0 aromatic heterocycles. The summed E-state index contributed by atoms with van der Waals surface area (Å²) < 4.78 is 13.9. The summed E-state index contributed by atoms with van der Waals surface area (Å²) in [4.78, 5) is 11.4. The summed E-state index contributed by atoms with van der Waals surface area (Å²) >= 11 is 0. The Morgan fingerprint density at radius 2 is 2.05 bits per heavy atom. The molecule has 0 radical (unpaired) electrons. The summed E-state index contributed by atoms with van der Waals surface area (Å²) in [6.45, 7) is 0. The van der Waals surface area contributed by atoms with E-state index in [-0.39, 0.29) is 5.56 Å². The Labute approximate surface area is 118 Å². The normalized spacial score (nSPS) is 17.1. The molecule has 1 aliphatic rings. The number of amides is 1. The van der Waals surface area contributed by atoms with Crippen molar-refractivity contribution in [1.29, 1.82) is 5.26 Å². The van der Waals surface area contributed by atoms with E-state index in [2.05, 4.69) is 16.7 Å². The predicted molar refractivity (Wildman–Crippen MR) is 74.8 cm³/mol. The van der Waals surface area contributed by atoms with Gasteiger partial charge in [0.1, 0.15) is 11.4 Å². The minimum Gasteiger partial charge on any atom is -0.367 e. The smallest absolute Gasteiger partial charge is 0.253 e. The molecule has 0 spiro atoms. The molecule has 0 atom stereocenters. The van der Waals surface area contributed by atoms with Crippen molar-refractivity contribution in [2.45, 2.75) is 37.6 Å². The topological polar surface area (TPSA) is 64.9 Å². The lowest BCUT2D eigenvalue weighted by atomic mass is 9.82. The average molecular weight is 275 g/mol. The third-order valence-corrected chi connectivity index (χ3v) is 3.75. The van der Waals surface area contributed by atoms with Crippen molar-refractivity contribution in [2.75, 3.05) is 12.4 Å². The van der Waals surface area contributed by atoms with Crippen LogP contribution in [0.4, 0.5) is 10.1 Å². The van der Waals surface area contributed by atoms with Gasteiger partial charge in [-0.25, -0.2) is 4.39 Å². The number of anilines is 1. The van der Waals surface area contributed by atoms with E-state index in [1.807, 2.05) is 0 Å². The Hall–Kier alpha value is -2.09. The molecule has 1 aliphatic carbocycles. The SMILES string of the molecule is CNC(=O)c1ccc(NC2(C#N)CCCCC2)cc1F. The molecule has 0 bridgehead atoms. The minimum absolute atomic E-state index is 0.00713. The van der Waals surface area contributed by atoms with Crippen molar-refractivity contribution in [3.05, 3.63) is 29.6 Å². The zero-order chi connectivity index (χ0) is 14.6. The number of nitriles is 1. The molecule has 4 nitrogen and oxygen atoms in total. The van der Waals surface area contributed by atoms with Crippen LogP contribution in [0.1, 0.15) is 42.5 Å². The molecule has 1 saturated carbocycles. The summed E-state index contributed by atoms with van der Waals surface area (Å²) in [6, 6.07) is 6.67. The van der Waals surface area contributed by atoms with Crippen LogP contribution in [-0.4, -0.2) is 18.5 Å². The number of halogens is 1. The van der Waals surface area contributed by atoms with Gasteiger partial charge in [0.25, 0.3) is 5.91 Å². The van der Waals surface area contributed by atoms with Gasteiger partial charge in [-0.3, -0.25) is 4.79 Å². The maximum Gasteiger partial charge on any atom is 0.253 e. The van der Waals surface area contributed by atoms with E-state index < -0.39 is 17.3 Å². The van der Waals surface area contributed by atoms with Gasteiger partial charge in [0.15, 0.2) is 0 Å². The third kappa shape index (κ3) is 2.90. The number of nitrogens with one attached hydrogen (secondary N) is 2. The fourth-order valence-corrected chi connectivity index (χ4v) is 2.61. The lowest BCUT2D eigenvalue weighted by molar-refractivity contribution is 0.0959. The van der Waals surface area contributed by atoms with Gasteiger partial charge < -0.3 is 10.6 Å². The van der Waals surface area contributed by atoms with E-state index in [1.165, 1.54) is 19.2 Å². The number of hydrogen-bond donors (Lipinski definition) is 2. The maximum absolute atomic E-state index is 13.9. The van der Waals surface area contributed by atoms with Crippen LogP contribution in [-0.2, 0) is 0 Å². The molecule has 20 heavy (non-hydrogen) atoms. The largest absolute Gasteiger partial charge is 0.367 e. The monoisotopic (exact) mass is 275 g/mol. The molecule has 1 amide bonds. The molecule has 0 unspecified atom stereocenters. The number of rotatable bonds is 3. The van der Waals surface area contributed by atoms with Gasteiger partial charge in [0.05, 0.1) is 11.6 Å². The Balaban J connectivity index is 2.20. The second-order valence-electron chi connectivity index (χ2n) is 5.15. The number of nitrogens with zero attached hydrogens (tertiary/aromatic N) is 1.